The Bertz CT molecular complexity index is 747. The van der Waals surface area contributed by atoms with E-state index in [1.807, 2.05) is 18.2 Å². The van der Waals surface area contributed by atoms with Crippen molar-refractivity contribution in [3.05, 3.63) is 35.0 Å². The highest BCUT2D eigenvalue weighted by molar-refractivity contribution is 6.02. The van der Waals surface area contributed by atoms with Crippen LogP contribution in [0.3, 0.4) is 0 Å². The van der Waals surface area contributed by atoms with E-state index in [9.17, 15) is 9.59 Å². The molecule has 2 heterocycles. The third-order valence-corrected chi connectivity index (χ3v) is 4.75. The highest BCUT2D eigenvalue weighted by atomic mass is 16.7. The van der Waals surface area contributed by atoms with Gasteiger partial charge in [0.2, 0.25) is 12.7 Å². The number of hydrogen-bond acceptors (Lipinski definition) is 4. The number of hydrogen-bond donors (Lipinski definition) is 1. The van der Waals surface area contributed by atoms with Crippen LogP contribution >= 0.6 is 0 Å². The van der Waals surface area contributed by atoms with E-state index in [0.29, 0.717) is 24.3 Å². The Morgan fingerprint density at radius 3 is 2.74 bits per heavy atom. The SMILES string of the molecule is CC1(C)CC(=O)C2=C(C1)NC(=O)C[C@H]2c1ccc2c(c1)OCO2. The number of benzene rings is 1. The Morgan fingerprint density at radius 1 is 1.13 bits per heavy atom. The monoisotopic (exact) mass is 313 g/mol. The van der Waals surface area contributed by atoms with Crippen LogP contribution in [0.5, 0.6) is 11.5 Å². The Balaban J connectivity index is 1.78. The summed E-state index contributed by atoms with van der Waals surface area (Å²) in [5.41, 5.74) is 2.39. The minimum atomic E-state index is -0.197. The number of amides is 1. The molecule has 1 aliphatic carbocycles. The van der Waals surface area contributed by atoms with E-state index in [4.69, 9.17) is 9.47 Å². The van der Waals surface area contributed by atoms with Crippen molar-refractivity contribution < 1.29 is 19.1 Å². The predicted octanol–water partition coefficient (Wildman–Crippen LogP) is 2.66. The Morgan fingerprint density at radius 2 is 1.91 bits per heavy atom. The first-order chi connectivity index (χ1) is 10.9. The third-order valence-electron chi connectivity index (χ3n) is 4.75. The highest BCUT2D eigenvalue weighted by Crippen LogP contribution is 2.45. The molecular weight excluding hydrogens is 294 g/mol. The van der Waals surface area contributed by atoms with Gasteiger partial charge in [0.05, 0.1) is 0 Å². The molecule has 5 nitrogen and oxygen atoms in total. The van der Waals surface area contributed by atoms with Gasteiger partial charge in [0.1, 0.15) is 0 Å². The van der Waals surface area contributed by atoms with E-state index >= 15 is 0 Å². The van der Waals surface area contributed by atoms with Crippen molar-refractivity contribution in [1.29, 1.82) is 0 Å². The smallest absolute Gasteiger partial charge is 0.231 e. The second-order valence-electron chi connectivity index (χ2n) is 7.25. The number of allylic oxidation sites excluding steroid dienone is 2. The van der Waals surface area contributed by atoms with Crippen molar-refractivity contribution in [2.45, 2.75) is 39.0 Å². The number of carbonyl (C=O) groups is 2. The number of Topliss-reactive ketones (excluding diaryl/α,β-unsaturated/α-hetero) is 1. The zero-order valence-corrected chi connectivity index (χ0v) is 13.3. The van der Waals surface area contributed by atoms with Crippen LogP contribution in [0.1, 0.15) is 44.6 Å². The number of ether oxygens (including phenoxy) is 2. The van der Waals surface area contributed by atoms with Gasteiger partial charge >= 0.3 is 0 Å². The minimum Gasteiger partial charge on any atom is -0.454 e. The van der Waals surface area contributed by atoms with Crippen molar-refractivity contribution in [2.75, 3.05) is 6.79 Å². The summed E-state index contributed by atoms with van der Waals surface area (Å²) in [5, 5.41) is 2.92. The Kier molecular flexibility index (Phi) is 3.01. The van der Waals surface area contributed by atoms with Crippen molar-refractivity contribution >= 4 is 11.7 Å². The highest BCUT2D eigenvalue weighted by Gasteiger charge is 2.40. The van der Waals surface area contributed by atoms with Crippen LogP contribution in [-0.4, -0.2) is 18.5 Å². The first kappa shape index (κ1) is 14.3. The summed E-state index contributed by atoms with van der Waals surface area (Å²) < 4.78 is 10.8. The first-order valence-electron chi connectivity index (χ1n) is 7.89. The minimum absolute atomic E-state index is 0.0306. The van der Waals surface area contributed by atoms with Crippen LogP contribution in [0.2, 0.25) is 0 Å². The van der Waals surface area contributed by atoms with Gasteiger partial charge in [-0.25, -0.2) is 0 Å². The molecular formula is C18H19NO4. The van der Waals surface area contributed by atoms with Crippen LogP contribution < -0.4 is 14.8 Å². The summed E-state index contributed by atoms with van der Waals surface area (Å²) in [6.45, 7) is 4.33. The largest absolute Gasteiger partial charge is 0.454 e. The molecule has 1 N–H and O–H groups in total. The Hall–Kier alpha value is -2.30. The molecule has 0 aromatic heterocycles. The fraction of sp³-hybridized carbons (Fsp3) is 0.444. The van der Waals surface area contributed by atoms with Crippen molar-refractivity contribution in [3.8, 4) is 11.5 Å². The van der Waals surface area contributed by atoms with Crippen LogP contribution in [-0.2, 0) is 9.59 Å². The molecule has 1 aromatic carbocycles. The number of rotatable bonds is 1. The lowest BCUT2D eigenvalue weighted by molar-refractivity contribution is -0.122. The van der Waals surface area contributed by atoms with Gasteiger partial charge in [0.25, 0.3) is 0 Å². The lowest BCUT2D eigenvalue weighted by atomic mass is 9.70. The quantitative estimate of drug-likeness (QED) is 0.865. The maximum Gasteiger partial charge on any atom is 0.231 e. The fourth-order valence-electron chi connectivity index (χ4n) is 3.77. The molecule has 0 saturated carbocycles. The topological polar surface area (TPSA) is 64.6 Å². The summed E-state index contributed by atoms with van der Waals surface area (Å²) in [6.07, 6.45) is 1.54. The van der Waals surface area contributed by atoms with Crippen molar-refractivity contribution in [3.63, 3.8) is 0 Å². The summed E-state index contributed by atoms with van der Waals surface area (Å²) in [4.78, 5) is 24.8. The number of carbonyl (C=O) groups excluding carboxylic acids is 2. The van der Waals surface area contributed by atoms with E-state index in [1.165, 1.54) is 0 Å². The predicted molar refractivity (Wildman–Crippen MR) is 83.1 cm³/mol. The van der Waals surface area contributed by atoms with E-state index in [0.717, 1.165) is 23.3 Å². The van der Waals surface area contributed by atoms with Crippen LogP contribution in [0.25, 0.3) is 0 Å². The molecule has 0 radical (unpaired) electrons. The third kappa shape index (κ3) is 2.40. The fourth-order valence-corrected chi connectivity index (χ4v) is 3.77. The van der Waals surface area contributed by atoms with E-state index < -0.39 is 0 Å². The summed E-state index contributed by atoms with van der Waals surface area (Å²) in [6, 6.07) is 5.67. The second kappa shape index (κ2) is 4.85. The summed E-state index contributed by atoms with van der Waals surface area (Å²) in [5.74, 6) is 1.30. The van der Waals surface area contributed by atoms with Crippen molar-refractivity contribution in [2.24, 2.45) is 5.41 Å². The molecule has 120 valence electrons. The molecule has 1 amide bonds. The first-order valence-corrected chi connectivity index (χ1v) is 7.89. The number of ketones is 1. The molecule has 1 aromatic rings. The second-order valence-corrected chi connectivity index (χ2v) is 7.25. The van der Waals surface area contributed by atoms with Gasteiger partial charge in [0.15, 0.2) is 17.3 Å². The number of nitrogens with one attached hydrogen (secondary N) is 1. The molecule has 3 aliphatic rings. The van der Waals surface area contributed by atoms with E-state index in [1.54, 1.807) is 0 Å². The average molecular weight is 313 g/mol. The molecule has 0 unspecified atom stereocenters. The number of fused-ring (bicyclic) bond motifs is 1. The van der Waals surface area contributed by atoms with Gasteiger partial charge in [-0.1, -0.05) is 19.9 Å². The standard InChI is InChI=1S/C18H19NO4/c1-18(2)7-12-17(13(20)8-18)11(6-16(21)19-12)10-3-4-14-15(5-10)23-9-22-14/h3-5,11H,6-9H2,1-2H3,(H,19,21)/t11-/m0/s1. The Labute approximate surface area is 134 Å². The van der Waals surface area contributed by atoms with Gasteiger partial charge in [-0.3, -0.25) is 9.59 Å². The van der Waals surface area contributed by atoms with Gasteiger partial charge < -0.3 is 14.8 Å². The zero-order chi connectivity index (χ0) is 16.2. The van der Waals surface area contributed by atoms with Crippen LogP contribution in [0.4, 0.5) is 0 Å². The van der Waals surface area contributed by atoms with Gasteiger partial charge in [0, 0.05) is 30.0 Å². The summed E-state index contributed by atoms with van der Waals surface area (Å²) in [7, 11) is 0. The van der Waals surface area contributed by atoms with E-state index in [2.05, 4.69) is 19.2 Å². The molecule has 0 saturated heterocycles. The van der Waals surface area contributed by atoms with Gasteiger partial charge in [-0.05, 0) is 29.5 Å². The molecule has 0 spiro atoms. The van der Waals surface area contributed by atoms with E-state index in [-0.39, 0.29) is 29.8 Å². The lowest BCUT2D eigenvalue weighted by Crippen LogP contribution is -2.40. The molecule has 0 bridgehead atoms. The normalized spacial score (nSPS) is 25.2. The average Bonchev–Trinajstić information content (AvgIpc) is 2.91. The van der Waals surface area contributed by atoms with Gasteiger partial charge in [-0.2, -0.15) is 0 Å². The zero-order valence-electron chi connectivity index (χ0n) is 13.3. The van der Waals surface area contributed by atoms with Crippen LogP contribution in [0.15, 0.2) is 29.5 Å². The lowest BCUT2D eigenvalue weighted by Gasteiger charge is -2.37. The maximum absolute atomic E-state index is 12.7. The molecule has 5 heteroatoms. The van der Waals surface area contributed by atoms with Crippen molar-refractivity contribution in [1.82, 2.24) is 5.32 Å². The molecule has 2 aliphatic heterocycles. The maximum atomic E-state index is 12.7. The molecule has 1 atom stereocenters. The summed E-state index contributed by atoms with van der Waals surface area (Å²) >= 11 is 0. The molecule has 4 rings (SSSR count). The van der Waals surface area contributed by atoms with Crippen LogP contribution in [0, 0.1) is 5.41 Å². The van der Waals surface area contributed by atoms with Gasteiger partial charge in [-0.15, -0.1) is 0 Å². The molecule has 23 heavy (non-hydrogen) atoms. The molecule has 0 fully saturated rings.